The average Bonchev–Trinajstić information content (AvgIpc) is 3.24. The summed E-state index contributed by atoms with van der Waals surface area (Å²) in [6.45, 7) is 0. The van der Waals surface area contributed by atoms with Gasteiger partial charge >= 0.3 is 0 Å². The van der Waals surface area contributed by atoms with Crippen molar-refractivity contribution in [1.29, 1.82) is 0 Å². The standard InChI is InChI=1S/C24H20ClFN2O3/c1-30-18-11-16(12-19(13-18)31-2)22-14-23(15-7-9-17(26)10-8-15)28(27-22)24(29)20-5-3-4-6-21(20)25/h3-13,23H,14H2,1-2H3. The second-order valence-corrected chi connectivity index (χ2v) is 7.46. The second-order valence-electron chi connectivity index (χ2n) is 7.05. The van der Waals surface area contributed by atoms with E-state index in [2.05, 4.69) is 5.10 Å². The largest absolute Gasteiger partial charge is 0.497 e. The van der Waals surface area contributed by atoms with Crippen molar-refractivity contribution in [2.24, 2.45) is 5.10 Å². The average molecular weight is 439 g/mol. The fourth-order valence-corrected chi connectivity index (χ4v) is 3.77. The molecule has 7 heteroatoms. The van der Waals surface area contributed by atoms with Gasteiger partial charge in [0.1, 0.15) is 17.3 Å². The summed E-state index contributed by atoms with van der Waals surface area (Å²) in [5.41, 5.74) is 2.59. The Labute approximate surface area is 184 Å². The third kappa shape index (κ3) is 4.25. The van der Waals surface area contributed by atoms with Crippen LogP contribution in [-0.2, 0) is 0 Å². The molecule has 0 aromatic heterocycles. The summed E-state index contributed by atoms with van der Waals surface area (Å²) < 4.78 is 24.2. The van der Waals surface area contributed by atoms with Crippen LogP contribution in [-0.4, -0.2) is 30.8 Å². The number of amides is 1. The van der Waals surface area contributed by atoms with Crippen molar-refractivity contribution >= 4 is 23.2 Å². The van der Waals surface area contributed by atoms with E-state index in [1.165, 1.54) is 17.1 Å². The van der Waals surface area contributed by atoms with Gasteiger partial charge < -0.3 is 9.47 Å². The summed E-state index contributed by atoms with van der Waals surface area (Å²) in [5, 5.41) is 6.40. The Hall–Kier alpha value is -3.38. The molecule has 0 spiro atoms. The first-order valence-electron chi connectivity index (χ1n) is 9.64. The number of carbonyl (C=O) groups excluding carboxylic acids is 1. The van der Waals surface area contributed by atoms with Crippen LogP contribution in [0.1, 0.15) is 33.9 Å². The lowest BCUT2D eigenvalue weighted by Gasteiger charge is -2.22. The van der Waals surface area contributed by atoms with Gasteiger partial charge in [0.05, 0.1) is 36.6 Å². The number of nitrogens with zero attached hydrogens (tertiary/aromatic N) is 2. The molecule has 5 nitrogen and oxygen atoms in total. The molecule has 1 unspecified atom stereocenters. The molecule has 1 aliphatic heterocycles. The number of hydrazone groups is 1. The molecule has 0 N–H and O–H groups in total. The summed E-state index contributed by atoms with van der Waals surface area (Å²) in [6, 6.07) is 18.0. The van der Waals surface area contributed by atoms with Gasteiger partial charge in [-0.15, -0.1) is 0 Å². The quantitative estimate of drug-likeness (QED) is 0.529. The number of halogens is 2. The van der Waals surface area contributed by atoms with Crippen LogP contribution >= 0.6 is 11.6 Å². The van der Waals surface area contributed by atoms with Crippen molar-refractivity contribution in [3.05, 3.63) is 94.3 Å². The van der Waals surface area contributed by atoms with E-state index < -0.39 is 6.04 Å². The summed E-state index contributed by atoms with van der Waals surface area (Å²) in [5.74, 6) is 0.562. The molecular weight excluding hydrogens is 419 g/mol. The van der Waals surface area contributed by atoms with Crippen LogP contribution in [0.5, 0.6) is 11.5 Å². The molecule has 1 heterocycles. The minimum Gasteiger partial charge on any atom is -0.497 e. The van der Waals surface area contributed by atoms with Crippen LogP contribution in [0.3, 0.4) is 0 Å². The van der Waals surface area contributed by atoms with Crippen molar-refractivity contribution in [2.45, 2.75) is 12.5 Å². The first-order valence-corrected chi connectivity index (χ1v) is 10.0. The lowest BCUT2D eigenvalue weighted by atomic mass is 9.97. The van der Waals surface area contributed by atoms with Gasteiger partial charge in [-0.05, 0) is 42.0 Å². The van der Waals surface area contributed by atoms with Gasteiger partial charge in [-0.25, -0.2) is 9.40 Å². The maximum Gasteiger partial charge on any atom is 0.276 e. The van der Waals surface area contributed by atoms with E-state index in [1.54, 1.807) is 56.7 Å². The van der Waals surface area contributed by atoms with Gasteiger partial charge in [0.25, 0.3) is 5.91 Å². The van der Waals surface area contributed by atoms with Crippen LogP contribution in [0.2, 0.25) is 5.02 Å². The van der Waals surface area contributed by atoms with Crippen LogP contribution in [0, 0.1) is 5.82 Å². The van der Waals surface area contributed by atoms with Crippen molar-refractivity contribution in [2.75, 3.05) is 14.2 Å². The lowest BCUT2D eigenvalue weighted by molar-refractivity contribution is 0.0711. The van der Waals surface area contributed by atoms with Crippen molar-refractivity contribution < 1.29 is 18.7 Å². The first-order chi connectivity index (χ1) is 15.0. The normalized spacial score (nSPS) is 15.5. The number of methoxy groups -OCH3 is 2. The Balaban J connectivity index is 1.78. The van der Waals surface area contributed by atoms with E-state index in [-0.39, 0.29) is 11.7 Å². The fraction of sp³-hybridized carbons (Fsp3) is 0.167. The molecular formula is C24H20ClFN2O3. The molecule has 1 amide bonds. The van der Waals surface area contributed by atoms with Gasteiger partial charge in [-0.2, -0.15) is 5.10 Å². The molecule has 31 heavy (non-hydrogen) atoms. The molecule has 1 aliphatic rings. The molecule has 0 saturated carbocycles. The Morgan fingerprint density at radius 1 is 1.03 bits per heavy atom. The van der Waals surface area contributed by atoms with E-state index in [0.29, 0.717) is 34.2 Å². The highest BCUT2D eigenvalue weighted by Gasteiger charge is 2.34. The maximum absolute atomic E-state index is 13.5. The molecule has 0 saturated heterocycles. The maximum atomic E-state index is 13.5. The highest BCUT2D eigenvalue weighted by molar-refractivity contribution is 6.33. The van der Waals surface area contributed by atoms with Gasteiger partial charge in [-0.1, -0.05) is 35.9 Å². The summed E-state index contributed by atoms with van der Waals surface area (Å²) >= 11 is 6.27. The third-order valence-electron chi connectivity index (χ3n) is 5.16. The number of benzene rings is 3. The third-order valence-corrected chi connectivity index (χ3v) is 5.49. The fourth-order valence-electron chi connectivity index (χ4n) is 3.55. The molecule has 0 fully saturated rings. The molecule has 4 rings (SSSR count). The van der Waals surface area contributed by atoms with Gasteiger partial charge in [0.2, 0.25) is 0 Å². The van der Waals surface area contributed by atoms with Crippen LogP contribution in [0.4, 0.5) is 4.39 Å². The number of hydrogen-bond donors (Lipinski definition) is 0. The number of ether oxygens (including phenoxy) is 2. The monoisotopic (exact) mass is 438 g/mol. The van der Waals surface area contributed by atoms with Crippen molar-refractivity contribution in [3.8, 4) is 11.5 Å². The van der Waals surface area contributed by atoms with Crippen molar-refractivity contribution in [1.82, 2.24) is 5.01 Å². The van der Waals surface area contributed by atoms with Gasteiger partial charge in [0.15, 0.2) is 0 Å². The van der Waals surface area contributed by atoms with Crippen LogP contribution < -0.4 is 9.47 Å². The molecule has 0 radical (unpaired) electrons. The minimum atomic E-state index is -0.406. The topological polar surface area (TPSA) is 51.1 Å². The highest BCUT2D eigenvalue weighted by atomic mass is 35.5. The van der Waals surface area contributed by atoms with E-state index in [4.69, 9.17) is 21.1 Å². The Bertz CT molecular complexity index is 1130. The number of carbonyl (C=O) groups is 1. The van der Waals surface area contributed by atoms with Crippen LogP contribution in [0.15, 0.2) is 71.8 Å². The van der Waals surface area contributed by atoms with E-state index >= 15 is 0 Å². The molecule has 3 aromatic rings. The van der Waals surface area contributed by atoms with E-state index in [0.717, 1.165) is 11.1 Å². The predicted octanol–water partition coefficient (Wildman–Crippen LogP) is 5.49. The molecule has 3 aromatic carbocycles. The molecule has 158 valence electrons. The predicted molar refractivity (Wildman–Crippen MR) is 117 cm³/mol. The Morgan fingerprint density at radius 3 is 2.29 bits per heavy atom. The summed E-state index contributed by atoms with van der Waals surface area (Å²) in [4.78, 5) is 13.4. The zero-order chi connectivity index (χ0) is 22.0. The van der Waals surface area contributed by atoms with E-state index in [1.807, 2.05) is 12.1 Å². The van der Waals surface area contributed by atoms with E-state index in [9.17, 15) is 9.18 Å². The highest BCUT2D eigenvalue weighted by Crippen LogP contribution is 2.36. The first kappa shape index (κ1) is 20.9. The zero-order valence-electron chi connectivity index (χ0n) is 17.0. The SMILES string of the molecule is COc1cc(OC)cc(C2=NN(C(=O)c3ccccc3Cl)C(c3ccc(F)cc3)C2)c1. The Kier molecular flexibility index (Phi) is 5.91. The smallest absolute Gasteiger partial charge is 0.276 e. The number of rotatable bonds is 5. The molecule has 0 bridgehead atoms. The van der Waals surface area contributed by atoms with Crippen molar-refractivity contribution in [3.63, 3.8) is 0 Å². The summed E-state index contributed by atoms with van der Waals surface area (Å²) in [6.07, 6.45) is 0.443. The molecule has 0 aliphatic carbocycles. The van der Waals surface area contributed by atoms with Gasteiger partial charge in [0, 0.05) is 18.1 Å². The summed E-state index contributed by atoms with van der Waals surface area (Å²) in [7, 11) is 3.15. The molecule has 1 atom stereocenters. The number of hydrogen-bond acceptors (Lipinski definition) is 4. The van der Waals surface area contributed by atoms with Crippen LogP contribution in [0.25, 0.3) is 0 Å². The second kappa shape index (κ2) is 8.78. The zero-order valence-corrected chi connectivity index (χ0v) is 17.8. The lowest BCUT2D eigenvalue weighted by Crippen LogP contribution is -2.27. The van der Waals surface area contributed by atoms with Gasteiger partial charge in [-0.3, -0.25) is 4.79 Å². The Morgan fingerprint density at radius 2 is 1.68 bits per heavy atom. The minimum absolute atomic E-state index is 0.329.